The maximum atomic E-state index is 12.9. The summed E-state index contributed by atoms with van der Waals surface area (Å²) in [5.74, 6) is 1.43. The van der Waals surface area contributed by atoms with Gasteiger partial charge in [-0.15, -0.1) is 0 Å². The molecule has 1 amide bonds. The van der Waals surface area contributed by atoms with Crippen LogP contribution in [0.3, 0.4) is 0 Å². The summed E-state index contributed by atoms with van der Waals surface area (Å²) in [5.41, 5.74) is 7.75. The molecule has 0 atom stereocenters. The van der Waals surface area contributed by atoms with E-state index in [1.165, 1.54) is 7.11 Å². The molecule has 4 N–H and O–H groups in total. The number of methoxy groups -OCH3 is 2. The molecule has 15 nitrogen and oxygen atoms in total. The first-order chi connectivity index (χ1) is 25.6. The molecule has 52 heavy (non-hydrogen) atoms. The minimum atomic E-state index is -0.285. The third-order valence-electron chi connectivity index (χ3n) is 7.25. The van der Waals surface area contributed by atoms with Crippen LogP contribution in [0, 0.1) is 0 Å². The average Bonchev–Trinajstić information content (AvgIpc) is 3.16. The summed E-state index contributed by atoms with van der Waals surface area (Å²) in [4.78, 5) is 21.7. The Hall–Kier alpha value is -4.61. The molecule has 15 heteroatoms. The Kier molecular flexibility index (Phi) is 18.4. The molecule has 0 saturated carbocycles. The fourth-order valence-corrected chi connectivity index (χ4v) is 4.69. The smallest absolute Gasteiger partial charge is 0.251 e. The van der Waals surface area contributed by atoms with Crippen LogP contribution in [0.25, 0.3) is 10.8 Å². The molecule has 0 unspecified atom stereocenters. The fraction of sp³-hybridized carbons (Fsp3) is 0.432. The monoisotopic (exact) mass is 723 g/mol. The van der Waals surface area contributed by atoms with E-state index in [1.807, 2.05) is 24.3 Å². The molecule has 0 spiro atoms. The molecule has 0 saturated heterocycles. The fourth-order valence-electron chi connectivity index (χ4n) is 4.69. The van der Waals surface area contributed by atoms with Crippen molar-refractivity contribution in [3.05, 3.63) is 72.4 Å². The summed E-state index contributed by atoms with van der Waals surface area (Å²) in [6.45, 7) is 6.52. The molecule has 0 radical (unpaired) electrons. The van der Waals surface area contributed by atoms with Crippen molar-refractivity contribution in [3.8, 4) is 17.4 Å². The molecule has 282 valence electrons. The highest BCUT2D eigenvalue weighted by Crippen LogP contribution is 2.33. The summed E-state index contributed by atoms with van der Waals surface area (Å²) < 4.78 is 49.2. The Morgan fingerprint density at radius 3 is 1.90 bits per heavy atom. The van der Waals surface area contributed by atoms with Gasteiger partial charge in [0.25, 0.3) is 5.91 Å². The number of hydrogen-bond acceptors (Lipinski definition) is 14. The van der Waals surface area contributed by atoms with Crippen LogP contribution >= 0.6 is 0 Å². The number of benzene rings is 3. The van der Waals surface area contributed by atoms with Crippen molar-refractivity contribution in [1.29, 1.82) is 0 Å². The summed E-state index contributed by atoms with van der Waals surface area (Å²) in [6.07, 6.45) is 1.58. The molecule has 1 heterocycles. The van der Waals surface area contributed by atoms with Gasteiger partial charge in [-0.25, -0.2) is 4.98 Å². The highest BCUT2D eigenvalue weighted by molar-refractivity contribution is 5.97. The van der Waals surface area contributed by atoms with Gasteiger partial charge in [0, 0.05) is 59.7 Å². The van der Waals surface area contributed by atoms with Crippen molar-refractivity contribution < 1.29 is 47.4 Å². The Balaban J connectivity index is 1.07. The molecule has 0 aliphatic rings. The second-order valence-corrected chi connectivity index (χ2v) is 11.0. The highest BCUT2D eigenvalue weighted by Gasteiger charge is 2.12. The van der Waals surface area contributed by atoms with Crippen molar-refractivity contribution in [2.24, 2.45) is 0 Å². The Bertz CT molecular complexity index is 1630. The Labute approximate surface area is 303 Å². The number of ether oxygens (including phenoxy) is 9. The number of rotatable bonds is 27. The second-order valence-electron chi connectivity index (χ2n) is 11.0. The van der Waals surface area contributed by atoms with E-state index >= 15 is 0 Å². The first kappa shape index (κ1) is 40.2. The van der Waals surface area contributed by atoms with Gasteiger partial charge >= 0.3 is 0 Å². The SMILES string of the molecule is COCCOCCOCCOCCOCCOCCOCCNC(=O)c1cc(Nc2nccc(Oc3ccc(N)c4ccccc34)n2)cc(OC)c1. The normalized spacial score (nSPS) is 11.1. The second kappa shape index (κ2) is 23.8. The van der Waals surface area contributed by atoms with Crippen molar-refractivity contribution in [2.75, 3.05) is 118 Å². The van der Waals surface area contributed by atoms with E-state index in [2.05, 4.69) is 20.6 Å². The lowest BCUT2D eigenvalue weighted by molar-refractivity contribution is -0.0189. The summed E-state index contributed by atoms with van der Waals surface area (Å²) in [5, 5.41) is 7.75. The van der Waals surface area contributed by atoms with Crippen molar-refractivity contribution in [1.82, 2.24) is 15.3 Å². The maximum absolute atomic E-state index is 12.9. The topological polar surface area (TPSA) is 176 Å². The van der Waals surface area contributed by atoms with E-state index in [4.69, 9.17) is 48.4 Å². The lowest BCUT2D eigenvalue weighted by Gasteiger charge is -2.12. The number of hydrogen-bond donors (Lipinski definition) is 3. The van der Waals surface area contributed by atoms with Gasteiger partial charge in [-0.1, -0.05) is 24.3 Å². The van der Waals surface area contributed by atoms with Gasteiger partial charge in [0.15, 0.2) is 0 Å². The summed E-state index contributed by atoms with van der Waals surface area (Å²) in [7, 11) is 3.17. The van der Waals surface area contributed by atoms with Crippen LogP contribution in [0.1, 0.15) is 10.4 Å². The number of nitrogen functional groups attached to an aromatic ring is 1. The van der Waals surface area contributed by atoms with E-state index in [9.17, 15) is 4.79 Å². The van der Waals surface area contributed by atoms with Crippen LogP contribution in [-0.4, -0.2) is 123 Å². The molecule has 4 aromatic rings. The number of anilines is 3. The van der Waals surface area contributed by atoms with Gasteiger partial charge in [0.2, 0.25) is 11.8 Å². The zero-order valence-corrected chi connectivity index (χ0v) is 29.8. The van der Waals surface area contributed by atoms with Crippen molar-refractivity contribution in [3.63, 3.8) is 0 Å². The Morgan fingerprint density at radius 2 is 1.29 bits per heavy atom. The van der Waals surface area contributed by atoms with Gasteiger partial charge < -0.3 is 59.0 Å². The number of nitrogens with zero attached hydrogens (tertiary/aromatic N) is 2. The highest BCUT2D eigenvalue weighted by atomic mass is 16.6. The first-order valence-corrected chi connectivity index (χ1v) is 17.0. The predicted octanol–water partition coefficient (Wildman–Crippen LogP) is 4.23. The van der Waals surface area contributed by atoms with Gasteiger partial charge in [0.1, 0.15) is 11.5 Å². The molecule has 0 fully saturated rings. The lowest BCUT2D eigenvalue weighted by Crippen LogP contribution is -2.27. The molecule has 0 aliphatic carbocycles. The Morgan fingerprint density at radius 1 is 0.692 bits per heavy atom. The number of aromatic nitrogens is 2. The molecule has 3 aromatic carbocycles. The van der Waals surface area contributed by atoms with Gasteiger partial charge in [-0.05, 0) is 24.3 Å². The van der Waals surface area contributed by atoms with Gasteiger partial charge in [-0.2, -0.15) is 4.98 Å². The number of nitrogens with two attached hydrogens (primary N) is 1. The minimum absolute atomic E-state index is 0.279. The van der Waals surface area contributed by atoms with Crippen LogP contribution < -0.4 is 25.8 Å². The minimum Gasteiger partial charge on any atom is -0.497 e. The van der Waals surface area contributed by atoms with Crippen LogP contribution in [0.2, 0.25) is 0 Å². The van der Waals surface area contributed by atoms with E-state index < -0.39 is 0 Å². The zero-order valence-electron chi connectivity index (χ0n) is 29.8. The molecular formula is C37H49N5O10. The molecule has 0 aliphatic heterocycles. The van der Waals surface area contributed by atoms with Crippen molar-refractivity contribution >= 4 is 34.0 Å². The third kappa shape index (κ3) is 14.6. The zero-order chi connectivity index (χ0) is 36.6. The lowest BCUT2D eigenvalue weighted by atomic mass is 10.1. The number of fused-ring (bicyclic) bond motifs is 1. The van der Waals surface area contributed by atoms with E-state index in [0.717, 1.165) is 10.8 Å². The quantitative estimate of drug-likeness (QED) is 0.0589. The summed E-state index contributed by atoms with van der Waals surface area (Å²) in [6, 6.07) is 18.1. The largest absolute Gasteiger partial charge is 0.497 e. The number of amides is 1. The van der Waals surface area contributed by atoms with E-state index in [-0.39, 0.29) is 11.9 Å². The van der Waals surface area contributed by atoms with Crippen LogP contribution in [0.4, 0.5) is 17.3 Å². The first-order valence-electron chi connectivity index (χ1n) is 17.0. The third-order valence-corrected chi connectivity index (χ3v) is 7.25. The molecule has 4 rings (SSSR count). The molecule has 0 bridgehead atoms. The van der Waals surface area contributed by atoms with Crippen molar-refractivity contribution in [2.45, 2.75) is 0 Å². The van der Waals surface area contributed by atoms with Crippen LogP contribution in [0.15, 0.2) is 66.9 Å². The number of nitrogens with one attached hydrogen (secondary N) is 2. The van der Waals surface area contributed by atoms with Gasteiger partial charge in [0.05, 0.1) is 93.0 Å². The van der Waals surface area contributed by atoms with Crippen LogP contribution in [0.5, 0.6) is 17.4 Å². The number of carbonyl (C=O) groups excluding carboxylic acids is 1. The van der Waals surface area contributed by atoms with E-state index in [0.29, 0.717) is 127 Å². The predicted molar refractivity (Wildman–Crippen MR) is 196 cm³/mol. The maximum Gasteiger partial charge on any atom is 0.251 e. The number of carbonyl (C=O) groups is 1. The van der Waals surface area contributed by atoms with Crippen LogP contribution in [-0.2, 0) is 33.2 Å². The standard InChI is InChI=1S/C37H49N5O10/c1-44-13-14-47-17-18-49-21-22-51-24-23-50-20-19-48-16-15-46-12-11-39-36(43)28-25-29(27-30(26-28)45-2)41-37-40-10-9-35(42-37)52-34-8-7-33(38)31-5-3-4-6-32(31)34/h3-10,25-27H,11-24,38H2,1-2H3,(H,39,43)(H,40,41,42). The van der Waals surface area contributed by atoms with Gasteiger partial charge in [-0.3, -0.25) is 4.79 Å². The summed E-state index contributed by atoms with van der Waals surface area (Å²) >= 11 is 0. The van der Waals surface area contributed by atoms with E-state index in [1.54, 1.807) is 49.7 Å². The molecular weight excluding hydrogens is 674 g/mol. The molecule has 1 aromatic heterocycles. The average molecular weight is 724 g/mol.